The topological polar surface area (TPSA) is 62.8 Å². The van der Waals surface area contributed by atoms with Crippen LogP contribution in [0.15, 0.2) is 36.4 Å². The summed E-state index contributed by atoms with van der Waals surface area (Å²) in [6.45, 7) is 2.98. The molecule has 0 heterocycles. The fourth-order valence-corrected chi connectivity index (χ4v) is 3.47. The van der Waals surface area contributed by atoms with Crippen LogP contribution in [0.1, 0.15) is 45.4 Å². The van der Waals surface area contributed by atoms with E-state index in [0.717, 1.165) is 24.5 Å². The van der Waals surface area contributed by atoms with Gasteiger partial charge in [-0.2, -0.15) is 0 Å². The van der Waals surface area contributed by atoms with Gasteiger partial charge in [-0.1, -0.05) is 62.2 Å². The third kappa shape index (κ3) is 8.32. The molecule has 0 aromatic heterocycles. The van der Waals surface area contributed by atoms with Crippen LogP contribution >= 0.6 is 32.2 Å². The molecule has 8 heteroatoms. The number of phenolic OH excluding ortho intramolecular Hbond substituents is 1. The average Bonchev–Trinajstić information content (AvgIpc) is 2.69. The lowest BCUT2D eigenvalue weighted by atomic mass is 10.1. The van der Waals surface area contributed by atoms with Gasteiger partial charge in [-0.3, -0.25) is 5.48 Å². The Morgan fingerprint density at radius 2 is 1.57 bits per heavy atom. The molecule has 154 valence electrons. The minimum Gasteiger partial charge on any atom is -0.505 e. The first-order valence-corrected chi connectivity index (χ1v) is 11.1. The van der Waals surface area contributed by atoms with Gasteiger partial charge in [0.05, 0.1) is 22.3 Å². The smallest absolute Gasteiger partial charge is 0.152 e. The van der Waals surface area contributed by atoms with E-state index in [1.54, 1.807) is 12.1 Å². The van der Waals surface area contributed by atoms with Crippen molar-refractivity contribution in [3.8, 4) is 11.5 Å². The molecule has 0 aliphatic carbocycles. The average molecular weight is 445 g/mol. The van der Waals surface area contributed by atoms with Gasteiger partial charge < -0.3 is 14.9 Å². The first-order chi connectivity index (χ1) is 13.6. The summed E-state index contributed by atoms with van der Waals surface area (Å²) in [4.78, 5) is 0. The second-order valence-electron chi connectivity index (χ2n) is 6.36. The van der Waals surface area contributed by atoms with Crippen molar-refractivity contribution in [2.45, 2.75) is 45.4 Å². The van der Waals surface area contributed by atoms with Crippen molar-refractivity contribution in [1.82, 2.24) is 0 Å². The van der Waals surface area contributed by atoms with Crippen molar-refractivity contribution in [1.29, 1.82) is 0 Å². The van der Waals surface area contributed by atoms with Crippen LogP contribution in [0.3, 0.4) is 0 Å². The molecule has 5 nitrogen and oxygen atoms in total. The summed E-state index contributed by atoms with van der Waals surface area (Å²) in [5.41, 5.74) is 4.34. The predicted molar refractivity (Wildman–Crippen MR) is 120 cm³/mol. The first-order valence-electron chi connectivity index (χ1n) is 9.44. The van der Waals surface area contributed by atoms with E-state index < -0.39 is 0 Å². The lowest BCUT2D eigenvalue weighted by Gasteiger charge is -2.11. The molecule has 0 saturated carbocycles. The van der Waals surface area contributed by atoms with Crippen LogP contribution in [0.4, 0.5) is 11.4 Å². The third-order valence-electron chi connectivity index (χ3n) is 4.05. The summed E-state index contributed by atoms with van der Waals surface area (Å²) >= 11 is 11.8. The number of halogens is 2. The molecule has 28 heavy (non-hydrogen) atoms. The highest BCUT2D eigenvalue weighted by Gasteiger charge is 2.06. The molecule has 1 unspecified atom stereocenters. The summed E-state index contributed by atoms with van der Waals surface area (Å²) in [5.74, 6) is 0.725. The first kappa shape index (κ1) is 22.9. The Hall–Kier alpha value is -1.39. The van der Waals surface area contributed by atoms with Gasteiger partial charge in [0, 0.05) is 5.69 Å². The highest BCUT2D eigenvalue weighted by Crippen LogP contribution is 2.36. The van der Waals surface area contributed by atoms with Crippen LogP contribution in [0.25, 0.3) is 0 Å². The Labute approximate surface area is 178 Å². The van der Waals surface area contributed by atoms with Crippen LogP contribution in [0.5, 0.6) is 11.5 Å². The lowest BCUT2D eigenvalue weighted by Crippen LogP contribution is -1.98. The Balaban J connectivity index is 1.62. The van der Waals surface area contributed by atoms with Gasteiger partial charge in [0.15, 0.2) is 5.75 Å². The molecule has 3 N–H and O–H groups in total. The molecule has 0 bridgehead atoms. The molecule has 2 aromatic carbocycles. The van der Waals surface area contributed by atoms with Crippen molar-refractivity contribution >= 4 is 43.5 Å². The van der Waals surface area contributed by atoms with Crippen LogP contribution in [0.2, 0.25) is 10.0 Å². The Morgan fingerprint density at radius 1 is 0.929 bits per heavy atom. The third-order valence-corrected chi connectivity index (χ3v) is 5.22. The van der Waals surface area contributed by atoms with E-state index in [1.807, 2.05) is 24.3 Å². The number of nitrogens with one attached hydrogen (secondary N) is 2. The number of rotatable bonds is 13. The molecule has 0 amide bonds. The number of anilines is 2. The number of hydrogen-bond acceptors (Lipinski definition) is 5. The van der Waals surface area contributed by atoms with E-state index >= 15 is 0 Å². The molecule has 0 saturated heterocycles. The number of hydrogen-bond donors (Lipinski definition) is 3. The minimum absolute atomic E-state index is 0.0698. The van der Waals surface area contributed by atoms with E-state index in [0.29, 0.717) is 5.69 Å². The van der Waals surface area contributed by atoms with Gasteiger partial charge in [-0.15, -0.1) is 0 Å². The fraction of sp³-hybridized carbons (Fsp3) is 0.400. The van der Waals surface area contributed by atoms with Gasteiger partial charge in [0.25, 0.3) is 0 Å². The molecule has 1 atom stereocenters. The van der Waals surface area contributed by atoms with Gasteiger partial charge in [0.2, 0.25) is 0 Å². The summed E-state index contributed by atoms with van der Waals surface area (Å²) in [6.07, 6.45) is 7.51. The number of phenols is 1. The second kappa shape index (κ2) is 12.9. The van der Waals surface area contributed by atoms with E-state index in [4.69, 9.17) is 32.6 Å². The fourth-order valence-electron chi connectivity index (χ4n) is 2.50. The maximum atomic E-state index is 9.54. The van der Waals surface area contributed by atoms with E-state index in [9.17, 15) is 5.11 Å². The summed E-state index contributed by atoms with van der Waals surface area (Å²) < 4.78 is 11.2. The van der Waals surface area contributed by atoms with E-state index in [2.05, 4.69) is 17.5 Å². The summed E-state index contributed by atoms with van der Waals surface area (Å²) in [7, 11) is -0.0698. The molecule has 0 aliphatic heterocycles. The highest BCUT2D eigenvalue weighted by atomic mass is 35.5. The Morgan fingerprint density at radius 3 is 2.25 bits per heavy atom. The van der Waals surface area contributed by atoms with Crippen molar-refractivity contribution < 1.29 is 14.5 Å². The van der Waals surface area contributed by atoms with Gasteiger partial charge in [-0.05, 0) is 42.8 Å². The summed E-state index contributed by atoms with van der Waals surface area (Å²) in [5, 5.41) is 12.9. The standard InChI is InChI=1S/C20H27Cl2N2O3P/c1-2-3-4-5-6-7-12-26-17-10-8-15(9-11-17)23-27-28-24-16-13-18(21)20(25)19(22)14-16/h8-11,13-14,23-25,28H,2-7,12H2,1H3. The Bertz CT molecular complexity index is 694. The number of ether oxygens (including phenoxy) is 1. The Kier molecular flexibility index (Phi) is 10.6. The molecule has 0 radical (unpaired) electrons. The minimum atomic E-state index is -0.130. The second-order valence-corrected chi connectivity index (χ2v) is 7.83. The van der Waals surface area contributed by atoms with Crippen LogP contribution in [-0.4, -0.2) is 11.7 Å². The monoisotopic (exact) mass is 444 g/mol. The molecule has 2 aromatic rings. The molecule has 0 spiro atoms. The van der Waals surface area contributed by atoms with Crippen LogP contribution in [-0.2, 0) is 4.62 Å². The van der Waals surface area contributed by atoms with Crippen LogP contribution < -0.4 is 15.3 Å². The number of aromatic hydroxyl groups is 1. The maximum Gasteiger partial charge on any atom is 0.152 e. The zero-order valence-corrected chi connectivity index (χ0v) is 18.4. The van der Waals surface area contributed by atoms with Crippen LogP contribution in [0, 0.1) is 0 Å². The molecule has 0 fully saturated rings. The maximum absolute atomic E-state index is 9.54. The number of unbranched alkanes of at least 4 members (excludes halogenated alkanes) is 5. The SMILES string of the molecule is CCCCCCCCOc1ccc(NOPNc2cc(Cl)c(O)c(Cl)c2)cc1. The molecular weight excluding hydrogens is 418 g/mol. The van der Waals surface area contributed by atoms with Crippen molar-refractivity contribution in [2.75, 3.05) is 17.2 Å². The molecule has 2 rings (SSSR count). The predicted octanol–water partition coefficient (Wildman–Crippen LogP) is 7.40. The van der Waals surface area contributed by atoms with E-state index in [1.165, 1.54) is 32.1 Å². The molecular formula is C20H27Cl2N2O3P. The quantitative estimate of drug-likeness (QED) is 0.130. The zero-order valence-electron chi connectivity index (χ0n) is 15.9. The summed E-state index contributed by atoms with van der Waals surface area (Å²) in [6, 6.07) is 10.8. The number of benzene rings is 2. The van der Waals surface area contributed by atoms with Crippen molar-refractivity contribution in [2.24, 2.45) is 0 Å². The van der Waals surface area contributed by atoms with E-state index in [-0.39, 0.29) is 24.8 Å². The van der Waals surface area contributed by atoms with Gasteiger partial charge in [0.1, 0.15) is 14.7 Å². The lowest BCUT2D eigenvalue weighted by molar-refractivity contribution is 0.304. The highest BCUT2D eigenvalue weighted by molar-refractivity contribution is 7.34. The largest absolute Gasteiger partial charge is 0.505 e. The zero-order chi connectivity index (χ0) is 20.2. The normalized spacial score (nSPS) is 11.1. The van der Waals surface area contributed by atoms with Crippen molar-refractivity contribution in [3.05, 3.63) is 46.4 Å². The molecule has 0 aliphatic rings. The van der Waals surface area contributed by atoms with Gasteiger partial charge in [-0.25, -0.2) is 4.62 Å². The van der Waals surface area contributed by atoms with Crippen molar-refractivity contribution in [3.63, 3.8) is 0 Å². The van der Waals surface area contributed by atoms with Gasteiger partial charge >= 0.3 is 0 Å².